The average Bonchev–Trinajstić information content (AvgIpc) is 3.10. The Morgan fingerprint density at radius 3 is 2.50 bits per heavy atom. The number of likely N-dealkylation sites (tertiary alicyclic amines) is 1. The predicted molar refractivity (Wildman–Crippen MR) is 106 cm³/mol. The van der Waals surface area contributed by atoms with Crippen LogP contribution < -0.4 is 4.90 Å². The zero-order valence-corrected chi connectivity index (χ0v) is 15.9. The fourth-order valence-corrected chi connectivity index (χ4v) is 4.33. The zero-order chi connectivity index (χ0) is 19.5. The summed E-state index contributed by atoms with van der Waals surface area (Å²) in [5.74, 6) is -0.157. The first kappa shape index (κ1) is 18.7. The molecular weight excluding hydrogens is 355 g/mol. The molecule has 2 aromatic carbocycles. The molecule has 0 saturated carbocycles. The second kappa shape index (κ2) is 8.13. The van der Waals surface area contributed by atoms with Crippen LogP contribution in [0.4, 0.5) is 10.1 Å². The lowest BCUT2D eigenvalue weighted by atomic mass is 9.89. The number of rotatable bonds is 4. The van der Waals surface area contributed by atoms with Gasteiger partial charge < -0.3 is 9.80 Å². The van der Waals surface area contributed by atoms with Crippen molar-refractivity contribution < 1.29 is 14.0 Å². The number of benzene rings is 2. The number of nitrogens with zero attached hydrogens (tertiary/aromatic N) is 2. The van der Waals surface area contributed by atoms with Crippen LogP contribution >= 0.6 is 0 Å². The average molecular weight is 380 g/mol. The topological polar surface area (TPSA) is 40.6 Å². The smallest absolute Gasteiger partial charge is 0.228 e. The lowest BCUT2D eigenvalue weighted by molar-refractivity contribution is -0.137. The van der Waals surface area contributed by atoms with E-state index in [1.165, 1.54) is 22.6 Å². The molecule has 1 unspecified atom stereocenters. The number of carbonyl (C=O) groups excluding carboxylic acids is 2. The fourth-order valence-electron chi connectivity index (χ4n) is 4.33. The first-order valence-electron chi connectivity index (χ1n) is 9.99. The minimum absolute atomic E-state index is 0.0606. The van der Waals surface area contributed by atoms with Crippen molar-refractivity contribution in [3.05, 3.63) is 66.0 Å². The Kier molecular flexibility index (Phi) is 5.42. The normalized spacial score (nSPS) is 20.6. The van der Waals surface area contributed by atoms with Gasteiger partial charge in [-0.25, -0.2) is 4.39 Å². The molecule has 146 valence electrons. The summed E-state index contributed by atoms with van der Waals surface area (Å²) >= 11 is 0. The van der Waals surface area contributed by atoms with Gasteiger partial charge in [-0.05, 0) is 48.9 Å². The minimum Gasteiger partial charge on any atom is -0.342 e. The van der Waals surface area contributed by atoms with Crippen LogP contribution in [-0.2, 0) is 16.0 Å². The number of piperidine rings is 1. The third kappa shape index (κ3) is 4.08. The Bertz CT molecular complexity index is 847. The van der Waals surface area contributed by atoms with Gasteiger partial charge in [-0.15, -0.1) is 0 Å². The van der Waals surface area contributed by atoms with Gasteiger partial charge in [-0.2, -0.15) is 0 Å². The molecule has 2 aliphatic heterocycles. The molecule has 0 N–H and O–H groups in total. The number of anilines is 1. The van der Waals surface area contributed by atoms with E-state index in [1.807, 2.05) is 11.0 Å². The number of carbonyl (C=O) groups is 2. The van der Waals surface area contributed by atoms with E-state index in [-0.39, 0.29) is 30.0 Å². The summed E-state index contributed by atoms with van der Waals surface area (Å²) in [4.78, 5) is 28.7. The molecule has 0 spiro atoms. The zero-order valence-electron chi connectivity index (χ0n) is 15.9. The molecule has 2 amide bonds. The quantitative estimate of drug-likeness (QED) is 0.812. The van der Waals surface area contributed by atoms with Gasteiger partial charge in [0.1, 0.15) is 5.82 Å². The maximum atomic E-state index is 13.5. The van der Waals surface area contributed by atoms with Gasteiger partial charge in [0.25, 0.3) is 0 Å². The van der Waals surface area contributed by atoms with Gasteiger partial charge in [0.15, 0.2) is 0 Å². The molecule has 28 heavy (non-hydrogen) atoms. The molecule has 0 aliphatic carbocycles. The second-order valence-electron chi connectivity index (χ2n) is 7.84. The highest BCUT2D eigenvalue weighted by Crippen LogP contribution is 2.29. The first-order valence-corrected chi connectivity index (χ1v) is 9.99. The van der Waals surface area contributed by atoms with Gasteiger partial charge in [0, 0.05) is 31.7 Å². The Labute approximate surface area is 164 Å². The van der Waals surface area contributed by atoms with E-state index in [9.17, 15) is 14.0 Å². The Morgan fingerprint density at radius 2 is 1.79 bits per heavy atom. The highest BCUT2D eigenvalue weighted by atomic mass is 19.1. The largest absolute Gasteiger partial charge is 0.342 e. The Hall–Kier alpha value is -2.69. The molecule has 0 bridgehead atoms. The first-order chi connectivity index (χ1) is 13.6. The van der Waals surface area contributed by atoms with Crippen molar-refractivity contribution in [2.45, 2.75) is 25.7 Å². The SMILES string of the molecule is O=C(C1CC(=O)N(c2cccc(F)c2)C1)N1CCC(Cc2ccccc2)CC1. The molecule has 4 rings (SSSR count). The molecule has 1 atom stereocenters. The molecule has 2 saturated heterocycles. The molecule has 2 fully saturated rings. The fraction of sp³-hybridized carbons (Fsp3) is 0.391. The van der Waals surface area contributed by atoms with Crippen molar-refractivity contribution in [3.8, 4) is 0 Å². The van der Waals surface area contributed by atoms with E-state index in [0.717, 1.165) is 32.4 Å². The lowest BCUT2D eigenvalue weighted by Gasteiger charge is -2.33. The second-order valence-corrected chi connectivity index (χ2v) is 7.84. The van der Waals surface area contributed by atoms with Gasteiger partial charge in [-0.3, -0.25) is 9.59 Å². The van der Waals surface area contributed by atoms with Gasteiger partial charge in [0.2, 0.25) is 11.8 Å². The molecule has 2 aromatic rings. The highest BCUT2D eigenvalue weighted by molar-refractivity contribution is 6.00. The summed E-state index contributed by atoms with van der Waals surface area (Å²) in [7, 11) is 0. The van der Waals surface area contributed by atoms with Gasteiger partial charge in [-0.1, -0.05) is 36.4 Å². The maximum Gasteiger partial charge on any atom is 0.228 e. The number of hydrogen-bond acceptors (Lipinski definition) is 2. The minimum atomic E-state index is -0.374. The molecule has 5 heteroatoms. The standard InChI is InChI=1S/C23H25FN2O2/c24-20-7-4-8-21(15-20)26-16-19(14-22(26)27)23(28)25-11-9-18(10-12-25)13-17-5-2-1-3-6-17/h1-8,15,18-19H,9-14,16H2. The van der Waals surface area contributed by atoms with Crippen molar-refractivity contribution in [1.82, 2.24) is 4.90 Å². The van der Waals surface area contributed by atoms with Crippen LogP contribution in [0.3, 0.4) is 0 Å². The molecule has 0 aromatic heterocycles. The molecule has 4 nitrogen and oxygen atoms in total. The maximum absolute atomic E-state index is 13.5. The lowest BCUT2D eigenvalue weighted by Crippen LogP contribution is -2.42. The van der Waals surface area contributed by atoms with Crippen LogP contribution in [0.2, 0.25) is 0 Å². The monoisotopic (exact) mass is 380 g/mol. The third-order valence-electron chi connectivity index (χ3n) is 5.89. The van der Waals surface area contributed by atoms with Gasteiger partial charge >= 0.3 is 0 Å². The van der Waals surface area contributed by atoms with Crippen molar-refractivity contribution in [3.63, 3.8) is 0 Å². The van der Waals surface area contributed by atoms with E-state index < -0.39 is 0 Å². The Balaban J connectivity index is 1.32. The van der Waals surface area contributed by atoms with Crippen LogP contribution in [0.1, 0.15) is 24.8 Å². The summed E-state index contributed by atoms with van der Waals surface area (Å²) in [6, 6.07) is 16.5. The van der Waals surface area contributed by atoms with E-state index in [0.29, 0.717) is 18.2 Å². The summed E-state index contributed by atoms with van der Waals surface area (Å²) < 4.78 is 13.5. The highest BCUT2D eigenvalue weighted by Gasteiger charge is 2.38. The molecule has 0 radical (unpaired) electrons. The Morgan fingerprint density at radius 1 is 1.04 bits per heavy atom. The van der Waals surface area contributed by atoms with E-state index in [1.54, 1.807) is 12.1 Å². The number of halogens is 1. The molecular formula is C23H25FN2O2. The van der Waals surface area contributed by atoms with Crippen molar-refractivity contribution >= 4 is 17.5 Å². The number of amides is 2. The van der Waals surface area contributed by atoms with Crippen LogP contribution in [0.25, 0.3) is 0 Å². The molecule has 2 aliphatic rings. The predicted octanol–water partition coefficient (Wildman–Crippen LogP) is 3.66. The van der Waals surface area contributed by atoms with Crippen LogP contribution in [0.15, 0.2) is 54.6 Å². The van der Waals surface area contributed by atoms with Crippen molar-refractivity contribution in [2.24, 2.45) is 11.8 Å². The van der Waals surface area contributed by atoms with Gasteiger partial charge in [0.05, 0.1) is 5.92 Å². The van der Waals surface area contributed by atoms with Crippen LogP contribution in [0, 0.1) is 17.7 Å². The summed E-state index contributed by atoms with van der Waals surface area (Å²) in [6.07, 6.45) is 3.25. The van der Waals surface area contributed by atoms with Crippen LogP contribution in [-0.4, -0.2) is 36.3 Å². The third-order valence-corrected chi connectivity index (χ3v) is 5.89. The van der Waals surface area contributed by atoms with E-state index in [2.05, 4.69) is 24.3 Å². The van der Waals surface area contributed by atoms with E-state index >= 15 is 0 Å². The summed E-state index contributed by atoms with van der Waals surface area (Å²) in [5, 5.41) is 0. The van der Waals surface area contributed by atoms with Crippen LogP contribution in [0.5, 0.6) is 0 Å². The summed E-state index contributed by atoms with van der Waals surface area (Å²) in [6.45, 7) is 1.84. The van der Waals surface area contributed by atoms with E-state index in [4.69, 9.17) is 0 Å². The van der Waals surface area contributed by atoms with Crippen molar-refractivity contribution in [1.29, 1.82) is 0 Å². The summed E-state index contributed by atoms with van der Waals surface area (Å²) in [5.41, 5.74) is 1.88. The number of hydrogen-bond donors (Lipinski definition) is 0. The molecule has 2 heterocycles. The van der Waals surface area contributed by atoms with Crippen molar-refractivity contribution in [2.75, 3.05) is 24.5 Å².